The highest BCUT2D eigenvalue weighted by Gasteiger charge is 2.18. The van der Waals surface area contributed by atoms with Gasteiger partial charge in [-0.15, -0.1) is 11.3 Å². The average Bonchev–Trinajstić information content (AvgIpc) is 2.67. The largest absolute Gasteiger partial charge is 0.317 e. The van der Waals surface area contributed by atoms with E-state index < -0.39 is 0 Å². The molecule has 2 heteroatoms. The molecule has 1 aromatic rings. The van der Waals surface area contributed by atoms with Gasteiger partial charge in [-0.1, -0.05) is 6.92 Å². The van der Waals surface area contributed by atoms with Gasteiger partial charge >= 0.3 is 0 Å². The van der Waals surface area contributed by atoms with Gasteiger partial charge in [0.1, 0.15) is 0 Å². The van der Waals surface area contributed by atoms with Crippen LogP contribution >= 0.6 is 11.3 Å². The van der Waals surface area contributed by atoms with Crippen LogP contribution in [0, 0.1) is 0 Å². The lowest BCUT2D eigenvalue weighted by atomic mass is 9.93. The van der Waals surface area contributed by atoms with Crippen molar-refractivity contribution in [3.05, 3.63) is 21.9 Å². The molecule has 0 aliphatic carbocycles. The van der Waals surface area contributed by atoms with Gasteiger partial charge in [0.05, 0.1) is 0 Å². The molecule has 0 bridgehead atoms. The summed E-state index contributed by atoms with van der Waals surface area (Å²) in [6.07, 6.45) is 3.85. The van der Waals surface area contributed by atoms with E-state index in [9.17, 15) is 0 Å². The molecule has 2 heterocycles. The minimum absolute atomic E-state index is 0.844. The Morgan fingerprint density at radius 1 is 1.46 bits per heavy atom. The summed E-state index contributed by atoms with van der Waals surface area (Å²) in [5.74, 6) is 0.844. The lowest BCUT2D eigenvalue weighted by Crippen LogP contribution is -2.26. The SMILES string of the molecule is CCc1ccsc1C1CCNCC1. The topological polar surface area (TPSA) is 12.0 Å². The van der Waals surface area contributed by atoms with Crippen molar-refractivity contribution in [1.82, 2.24) is 5.32 Å². The van der Waals surface area contributed by atoms with Gasteiger partial charge in [-0.2, -0.15) is 0 Å². The first-order chi connectivity index (χ1) is 6.42. The number of thiophene rings is 1. The molecule has 2 rings (SSSR count). The first-order valence-electron chi connectivity index (χ1n) is 5.18. The lowest BCUT2D eigenvalue weighted by Gasteiger charge is -2.22. The molecule has 13 heavy (non-hydrogen) atoms. The second-order valence-corrected chi connectivity index (χ2v) is 4.64. The van der Waals surface area contributed by atoms with Gasteiger partial charge in [0, 0.05) is 4.88 Å². The van der Waals surface area contributed by atoms with Crippen LogP contribution in [0.4, 0.5) is 0 Å². The molecule has 1 fully saturated rings. The molecule has 0 unspecified atom stereocenters. The lowest BCUT2D eigenvalue weighted by molar-refractivity contribution is 0.463. The van der Waals surface area contributed by atoms with Gasteiger partial charge in [-0.05, 0) is 55.3 Å². The standard InChI is InChI=1S/C11H17NS/c1-2-9-5-8-13-11(9)10-3-6-12-7-4-10/h5,8,10,12H,2-4,6-7H2,1H3. The zero-order valence-corrected chi connectivity index (χ0v) is 8.99. The Labute approximate surface area is 84.2 Å². The molecule has 72 valence electrons. The summed E-state index contributed by atoms with van der Waals surface area (Å²) in [6, 6.07) is 2.29. The highest BCUT2D eigenvalue weighted by atomic mass is 32.1. The summed E-state index contributed by atoms with van der Waals surface area (Å²) in [6.45, 7) is 4.66. The van der Waals surface area contributed by atoms with E-state index in [0.29, 0.717) is 0 Å². The molecule has 1 aliphatic heterocycles. The molecule has 1 aliphatic rings. The fourth-order valence-electron chi connectivity index (χ4n) is 2.08. The van der Waals surface area contributed by atoms with E-state index in [4.69, 9.17) is 0 Å². The second-order valence-electron chi connectivity index (χ2n) is 3.69. The maximum atomic E-state index is 3.42. The molecule has 0 atom stereocenters. The van der Waals surface area contributed by atoms with Crippen LogP contribution in [0.1, 0.15) is 36.1 Å². The van der Waals surface area contributed by atoms with Crippen molar-refractivity contribution in [3.8, 4) is 0 Å². The first-order valence-corrected chi connectivity index (χ1v) is 6.06. The predicted octanol–water partition coefficient (Wildman–Crippen LogP) is 2.78. The molecular weight excluding hydrogens is 178 g/mol. The fourth-order valence-corrected chi connectivity index (χ4v) is 3.25. The summed E-state index contributed by atoms with van der Waals surface area (Å²) < 4.78 is 0. The molecule has 0 radical (unpaired) electrons. The third-order valence-corrected chi connectivity index (χ3v) is 3.99. The summed E-state index contributed by atoms with van der Waals surface area (Å²) in [7, 11) is 0. The highest BCUT2D eigenvalue weighted by molar-refractivity contribution is 7.10. The zero-order chi connectivity index (χ0) is 9.10. The zero-order valence-electron chi connectivity index (χ0n) is 8.18. The van der Waals surface area contributed by atoms with Crippen molar-refractivity contribution in [3.63, 3.8) is 0 Å². The van der Waals surface area contributed by atoms with Crippen LogP contribution in [-0.2, 0) is 6.42 Å². The van der Waals surface area contributed by atoms with Crippen molar-refractivity contribution in [2.45, 2.75) is 32.1 Å². The molecule has 1 aromatic heterocycles. The Kier molecular flexibility index (Phi) is 3.01. The van der Waals surface area contributed by atoms with Gasteiger partial charge in [-0.3, -0.25) is 0 Å². The molecule has 1 nitrogen and oxygen atoms in total. The van der Waals surface area contributed by atoms with E-state index in [0.717, 1.165) is 5.92 Å². The van der Waals surface area contributed by atoms with Crippen molar-refractivity contribution in [2.75, 3.05) is 13.1 Å². The summed E-state index contributed by atoms with van der Waals surface area (Å²) in [4.78, 5) is 1.66. The van der Waals surface area contributed by atoms with Gasteiger partial charge in [0.15, 0.2) is 0 Å². The predicted molar refractivity (Wildman–Crippen MR) is 58.5 cm³/mol. The van der Waals surface area contributed by atoms with Crippen molar-refractivity contribution in [2.24, 2.45) is 0 Å². The normalized spacial score (nSPS) is 19.2. The van der Waals surface area contributed by atoms with Crippen LogP contribution in [-0.4, -0.2) is 13.1 Å². The smallest absolute Gasteiger partial charge is 0.0109 e. The average molecular weight is 195 g/mol. The Morgan fingerprint density at radius 2 is 2.23 bits per heavy atom. The summed E-state index contributed by atoms with van der Waals surface area (Å²) >= 11 is 1.95. The van der Waals surface area contributed by atoms with Crippen molar-refractivity contribution >= 4 is 11.3 Å². The fraction of sp³-hybridized carbons (Fsp3) is 0.636. The van der Waals surface area contributed by atoms with Gasteiger partial charge in [0.25, 0.3) is 0 Å². The van der Waals surface area contributed by atoms with E-state index in [1.54, 1.807) is 10.4 Å². The van der Waals surface area contributed by atoms with Crippen LogP contribution in [0.15, 0.2) is 11.4 Å². The molecule has 0 amide bonds. The third kappa shape index (κ3) is 1.94. The maximum absolute atomic E-state index is 3.42. The second kappa shape index (κ2) is 4.25. The van der Waals surface area contributed by atoms with Crippen LogP contribution in [0.3, 0.4) is 0 Å². The Balaban J connectivity index is 2.13. The van der Waals surface area contributed by atoms with E-state index in [-0.39, 0.29) is 0 Å². The van der Waals surface area contributed by atoms with Crippen molar-refractivity contribution in [1.29, 1.82) is 0 Å². The summed E-state index contributed by atoms with van der Waals surface area (Å²) in [5.41, 5.74) is 1.58. The Bertz CT molecular complexity index is 261. The van der Waals surface area contributed by atoms with Crippen LogP contribution in [0.5, 0.6) is 0 Å². The number of aryl methyl sites for hydroxylation is 1. The first kappa shape index (κ1) is 9.22. The van der Waals surface area contributed by atoms with E-state index in [1.807, 2.05) is 11.3 Å². The minimum atomic E-state index is 0.844. The van der Waals surface area contributed by atoms with Crippen LogP contribution in [0.25, 0.3) is 0 Å². The van der Waals surface area contributed by atoms with E-state index >= 15 is 0 Å². The minimum Gasteiger partial charge on any atom is -0.317 e. The van der Waals surface area contributed by atoms with E-state index in [1.165, 1.54) is 32.4 Å². The number of piperidine rings is 1. The maximum Gasteiger partial charge on any atom is 0.0109 e. The number of nitrogens with one attached hydrogen (secondary N) is 1. The summed E-state index contributed by atoms with van der Waals surface area (Å²) in [5, 5.41) is 5.66. The molecule has 1 saturated heterocycles. The molecule has 0 saturated carbocycles. The van der Waals surface area contributed by atoms with E-state index in [2.05, 4.69) is 23.7 Å². The van der Waals surface area contributed by atoms with Crippen LogP contribution in [0.2, 0.25) is 0 Å². The van der Waals surface area contributed by atoms with Gasteiger partial charge in [0.2, 0.25) is 0 Å². The number of hydrogen-bond donors (Lipinski definition) is 1. The number of rotatable bonds is 2. The molecule has 0 aromatic carbocycles. The third-order valence-electron chi connectivity index (χ3n) is 2.87. The molecule has 0 spiro atoms. The quantitative estimate of drug-likeness (QED) is 0.765. The Morgan fingerprint density at radius 3 is 2.92 bits per heavy atom. The molecule has 1 N–H and O–H groups in total. The van der Waals surface area contributed by atoms with Crippen LogP contribution < -0.4 is 5.32 Å². The Hall–Kier alpha value is -0.340. The molecular formula is C11H17NS. The van der Waals surface area contributed by atoms with Gasteiger partial charge in [-0.25, -0.2) is 0 Å². The van der Waals surface area contributed by atoms with Crippen molar-refractivity contribution < 1.29 is 0 Å². The number of hydrogen-bond acceptors (Lipinski definition) is 2. The monoisotopic (exact) mass is 195 g/mol. The highest BCUT2D eigenvalue weighted by Crippen LogP contribution is 2.32. The van der Waals surface area contributed by atoms with Gasteiger partial charge < -0.3 is 5.32 Å².